The molecule has 0 bridgehead atoms. The Morgan fingerprint density at radius 1 is 0.971 bits per heavy atom. The number of fused-ring (bicyclic) bond motifs is 1. The van der Waals surface area contributed by atoms with E-state index in [1.807, 2.05) is 0 Å². The summed E-state index contributed by atoms with van der Waals surface area (Å²) in [4.78, 5) is 12.8. The molecule has 0 saturated heterocycles. The maximum atomic E-state index is 13.0. The van der Waals surface area contributed by atoms with Crippen LogP contribution < -0.4 is 10.6 Å². The number of hydrogen-bond donors (Lipinski definition) is 3. The van der Waals surface area contributed by atoms with Gasteiger partial charge in [-0.05, 0) is 48.2 Å². The molecule has 1 aliphatic carbocycles. The molecule has 1 atom stereocenters. The van der Waals surface area contributed by atoms with E-state index in [2.05, 4.69) is 10.6 Å². The van der Waals surface area contributed by atoms with Crippen molar-refractivity contribution in [3.05, 3.63) is 59.2 Å². The van der Waals surface area contributed by atoms with Crippen molar-refractivity contribution in [2.75, 3.05) is 5.32 Å². The van der Waals surface area contributed by atoms with Gasteiger partial charge in [0.1, 0.15) is 6.04 Å². The molecular formula is C21H18F6N2O4S. The number of amides is 1. The molecule has 0 aromatic heterocycles. The SMILES string of the molecule is O=C(Nc1ccc(C(O)(C(F)(F)F)C(F)(F)F)cc1)C1NCc2cc(S(=O)(=O)C3CC3)ccc21. The number of hydrogen-bond acceptors (Lipinski definition) is 5. The van der Waals surface area contributed by atoms with Crippen molar-refractivity contribution in [1.82, 2.24) is 5.32 Å². The summed E-state index contributed by atoms with van der Waals surface area (Å²) < 4.78 is 103. The van der Waals surface area contributed by atoms with Gasteiger partial charge in [0.05, 0.1) is 10.1 Å². The first-order valence-electron chi connectivity index (χ1n) is 10.0. The number of aliphatic hydroxyl groups is 1. The number of nitrogens with one attached hydrogen (secondary N) is 2. The molecule has 0 spiro atoms. The van der Waals surface area contributed by atoms with Gasteiger partial charge >= 0.3 is 12.4 Å². The van der Waals surface area contributed by atoms with Crippen molar-refractivity contribution >= 4 is 21.4 Å². The molecule has 1 fully saturated rings. The van der Waals surface area contributed by atoms with Crippen LogP contribution in [0.4, 0.5) is 32.0 Å². The van der Waals surface area contributed by atoms with Crippen molar-refractivity contribution < 1.29 is 44.7 Å². The zero-order chi connectivity index (χ0) is 25.1. The molecule has 2 aromatic rings. The van der Waals surface area contributed by atoms with Gasteiger partial charge in [-0.15, -0.1) is 0 Å². The van der Waals surface area contributed by atoms with E-state index in [0.717, 1.165) is 12.1 Å². The molecule has 184 valence electrons. The number of carbonyl (C=O) groups excluding carboxylic acids is 1. The van der Waals surface area contributed by atoms with Crippen LogP contribution >= 0.6 is 0 Å². The molecule has 4 rings (SSSR count). The fourth-order valence-corrected chi connectivity index (χ4v) is 5.52. The van der Waals surface area contributed by atoms with Crippen LogP contribution in [0.3, 0.4) is 0 Å². The first-order chi connectivity index (χ1) is 15.7. The van der Waals surface area contributed by atoms with E-state index in [9.17, 15) is 44.7 Å². The minimum atomic E-state index is -6.01. The van der Waals surface area contributed by atoms with Gasteiger partial charge in [-0.2, -0.15) is 26.3 Å². The Labute approximate surface area is 189 Å². The standard InChI is InChI=1S/C21H18F6N2O4S/c22-20(23,24)19(31,21(25,26)27)12-1-3-13(4-2-12)29-18(30)17-16-8-7-15(9-11(16)10-28-17)34(32,33)14-5-6-14/h1-4,7-9,14,17,28,31H,5-6,10H2,(H,29,30). The fraction of sp³-hybridized carbons (Fsp3) is 0.381. The topological polar surface area (TPSA) is 95.5 Å². The van der Waals surface area contributed by atoms with Gasteiger partial charge in [-0.3, -0.25) is 10.1 Å². The molecule has 2 aromatic carbocycles. The molecule has 2 aliphatic rings. The smallest absolute Gasteiger partial charge is 0.369 e. The zero-order valence-corrected chi connectivity index (χ0v) is 18.0. The van der Waals surface area contributed by atoms with E-state index in [4.69, 9.17) is 0 Å². The van der Waals surface area contributed by atoms with Crippen LogP contribution in [0.5, 0.6) is 0 Å². The summed E-state index contributed by atoms with van der Waals surface area (Å²) in [6.45, 7) is 0.199. The number of halogens is 6. The van der Waals surface area contributed by atoms with Crippen LogP contribution in [-0.2, 0) is 26.8 Å². The van der Waals surface area contributed by atoms with Crippen LogP contribution in [-0.4, -0.2) is 37.0 Å². The summed E-state index contributed by atoms with van der Waals surface area (Å²) in [5.74, 6) is -0.647. The summed E-state index contributed by atoms with van der Waals surface area (Å²) in [7, 11) is -3.42. The third-order valence-electron chi connectivity index (χ3n) is 5.87. The summed E-state index contributed by atoms with van der Waals surface area (Å²) in [6.07, 6.45) is -10.8. The predicted molar refractivity (Wildman–Crippen MR) is 107 cm³/mol. The van der Waals surface area contributed by atoms with Gasteiger partial charge in [-0.25, -0.2) is 8.42 Å². The highest BCUT2D eigenvalue weighted by molar-refractivity contribution is 7.92. The van der Waals surface area contributed by atoms with Crippen molar-refractivity contribution in [3.8, 4) is 0 Å². The maximum Gasteiger partial charge on any atom is 0.430 e. The summed E-state index contributed by atoms with van der Waals surface area (Å²) in [5.41, 5.74) is -5.50. The number of alkyl halides is 6. The van der Waals surface area contributed by atoms with Crippen molar-refractivity contribution in [2.24, 2.45) is 0 Å². The molecule has 6 nitrogen and oxygen atoms in total. The van der Waals surface area contributed by atoms with E-state index < -0.39 is 50.6 Å². The number of carbonyl (C=O) groups is 1. The maximum absolute atomic E-state index is 13.0. The number of sulfone groups is 1. The summed E-state index contributed by atoms with van der Waals surface area (Å²) in [6, 6.07) is 5.99. The summed E-state index contributed by atoms with van der Waals surface area (Å²) >= 11 is 0. The molecule has 1 unspecified atom stereocenters. The third-order valence-corrected chi connectivity index (χ3v) is 8.13. The monoisotopic (exact) mass is 508 g/mol. The minimum Gasteiger partial charge on any atom is -0.369 e. The molecule has 13 heteroatoms. The predicted octanol–water partition coefficient (Wildman–Crippen LogP) is 3.72. The lowest BCUT2D eigenvalue weighted by atomic mass is 9.92. The fourth-order valence-electron chi connectivity index (χ4n) is 3.82. The second-order valence-electron chi connectivity index (χ2n) is 8.19. The van der Waals surface area contributed by atoms with Crippen LogP contribution in [0, 0.1) is 0 Å². The Balaban J connectivity index is 1.52. The average Bonchev–Trinajstić information content (AvgIpc) is 3.52. The van der Waals surface area contributed by atoms with Crippen molar-refractivity contribution in [2.45, 2.75) is 53.5 Å². The molecule has 0 radical (unpaired) electrons. The van der Waals surface area contributed by atoms with Gasteiger partial charge in [0.2, 0.25) is 5.91 Å². The minimum absolute atomic E-state index is 0.0939. The number of anilines is 1. The van der Waals surface area contributed by atoms with Gasteiger partial charge in [0.25, 0.3) is 5.60 Å². The van der Waals surface area contributed by atoms with E-state index in [1.165, 1.54) is 18.2 Å². The van der Waals surface area contributed by atoms with Crippen LogP contribution in [0.2, 0.25) is 0 Å². The molecule has 1 aliphatic heterocycles. The molecule has 3 N–H and O–H groups in total. The third kappa shape index (κ3) is 4.05. The second kappa shape index (κ2) is 7.95. The van der Waals surface area contributed by atoms with Crippen LogP contribution in [0.15, 0.2) is 47.4 Å². The summed E-state index contributed by atoms with van der Waals surface area (Å²) in [5, 5.41) is 14.3. The van der Waals surface area contributed by atoms with Crippen LogP contribution in [0.1, 0.15) is 35.6 Å². The zero-order valence-electron chi connectivity index (χ0n) is 17.2. The molecule has 34 heavy (non-hydrogen) atoms. The average molecular weight is 508 g/mol. The highest BCUT2D eigenvalue weighted by atomic mass is 32.2. The lowest BCUT2D eigenvalue weighted by Gasteiger charge is -2.32. The van der Waals surface area contributed by atoms with E-state index in [0.29, 0.717) is 36.1 Å². The van der Waals surface area contributed by atoms with Gasteiger partial charge in [0.15, 0.2) is 9.84 Å². The van der Waals surface area contributed by atoms with E-state index in [1.54, 1.807) is 0 Å². The number of rotatable bonds is 5. The molecule has 1 saturated carbocycles. The van der Waals surface area contributed by atoms with E-state index >= 15 is 0 Å². The van der Waals surface area contributed by atoms with Crippen molar-refractivity contribution in [3.63, 3.8) is 0 Å². The second-order valence-corrected chi connectivity index (χ2v) is 10.4. The Bertz CT molecular complexity index is 1210. The highest BCUT2D eigenvalue weighted by Crippen LogP contribution is 2.50. The van der Waals surface area contributed by atoms with Crippen molar-refractivity contribution in [1.29, 1.82) is 0 Å². The first kappa shape index (κ1) is 24.5. The Hall–Kier alpha value is -2.64. The highest BCUT2D eigenvalue weighted by Gasteiger charge is 2.71. The number of benzene rings is 2. The quantitative estimate of drug-likeness (QED) is 0.536. The molecular weight excluding hydrogens is 490 g/mol. The lowest BCUT2D eigenvalue weighted by molar-refractivity contribution is -0.376. The Morgan fingerprint density at radius 3 is 2.09 bits per heavy atom. The van der Waals surface area contributed by atoms with Gasteiger partial charge < -0.3 is 10.4 Å². The van der Waals surface area contributed by atoms with Gasteiger partial charge in [-0.1, -0.05) is 18.2 Å². The Kier molecular flexibility index (Phi) is 5.73. The lowest BCUT2D eigenvalue weighted by Crippen LogP contribution is -2.53. The van der Waals surface area contributed by atoms with Crippen LogP contribution in [0.25, 0.3) is 0 Å². The molecule has 1 amide bonds. The molecule has 1 heterocycles. The largest absolute Gasteiger partial charge is 0.430 e. The first-order valence-corrected chi connectivity index (χ1v) is 11.6. The normalized spacial score (nSPS) is 19.1. The Morgan fingerprint density at radius 2 is 1.56 bits per heavy atom. The van der Waals surface area contributed by atoms with E-state index in [-0.39, 0.29) is 17.1 Å². The van der Waals surface area contributed by atoms with Gasteiger partial charge in [0, 0.05) is 17.8 Å².